The number of carbonyl (C=O) groups is 1. The summed E-state index contributed by atoms with van der Waals surface area (Å²) in [7, 11) is 1.44. The van der Waals surface area contributed by atoms with E-state index in [1.54, 1.807) is 6.26 Å². The lowest BCUT2D eigenvalue weighted by atomic mass is 10.0. The molecule has 0 aliphatic carbocycles. The van der Waals surface area contributed by atoms with Crippen LogP contribution in [0.1, 0.15) is 24.4 Å². The number of furan rings is 1. The van der Waals surface area contributed by atoms with Gasteiger partial charge in [-0.15, -0.1) is 0 Å². The largest absolute Gasteiger partial charge is 0.468 e. The molecule has 19 heavy (non-hydrogen) atoms. The molecule has 0 saturated carbocycles. The summed E-state index contributed by atoms with van der Waals surface area (Å²) in [5.74, 6) is -0.214. The molecule has 0 radical (unpaired) electrons. The van der Waals surface area contributed by atoms with Crippen LogP contribution in [0.25, 0.3) is 11.0 Å². The topological polar surface area (TPSA) is 42.7 Å². The number of likely N-dealkylation sites (tertiary alicyclic amines) is 1. The summed E-state index contributed by atoms with van der Waals surface area (Å²) in [6, 6.07) is 7.44. The van der Waals surface area contributed by atoms with Crippen LogP contribution in [0.15, 0.2) is 34.9 Å². The molecule has 1 atom stereocenters. The Bertz CT molecular complexity index is 584. The van der Waals surface area contributed by atoms with E-state index < -0.39 is 0 Å². The van der Waals surface area contributed by atoms with Crippen molar-refractivity contribution >= 4 is 16.9 Å². The summed E-state index contributed by atoms with van der Waals surface area (Å²) < 4.78 is 10.5. The molecule has 1 aromatic carbocycles. The van der Waals surface area contributed by atoms with E-state index in [1.807, 2.05) is 24.3 Å². The highest BCUT2D eigenvalue weighted by atomic mass is 16.5. The Morgan fingerprint density at radius 1 is 1.32 bits per heavy atom. The van der Waals surface area contributed by atoms with Crippen molar-refractivity contribution in [3.05, 3.63) is 36.1 Å². The maximum atomic E-state index is 12.1. The number of carbonyl (C=O) groups excluding carboxylic acids is 1. The van der Waals surface area contributed by atoms with E-state index in [-0.39, 0.29) is 12.0 Å². The Balaban J connectivity index is 2.05. The molecule has 3 rings (SSSR count). The van der Waals surface area contributed by atoms with Gasteiger partial charge in [-0.05, 0) is 32.0 Å². The van der Waals surface area contributed by atoms with Crippen LogP contribution in [0.4, 0.5) is 0 Å². The summed E-state index contributed by atoms with van der Waals surface area (Å²) in [6.45, 7) is 1.86. The third-order valence-corrected chi connectivity index (χ3v) is 3.74. The number of esters is 1. The van der Waals surface area contributed by atoms with Crippen LogP contribution in [0, 0.1) is 0 Å². The number of hydrogen-bond acceptors (Lipinski definition) is 4. The average molecular weight is 259 g/mol. The molecule has 4 heteroatoms. The van der Waals surface area contributed by atoms with E-state index in [1.165, 1.54) is 7.11 Å². The number of nitrogens with zero attached hydrogens (tertiary/aromatic N) is 1. The Morgan fingerprint density at radius 2 is 2.05 bits per heavy atom. The minimum absolute atomic E-state index is 0.214. The minimum Gasteiger partial charge on any atom is -0.468 e. The van der Waals surface area contributed by atoms with Crippen LogP contribution >= 0.6 is 0 Å². The number of hydrogen-bond donors (Lipinski definition) is 0. The van der Waals surface area contributed by atoms with Gasteiger partial charge in [0.05, 0.1) is 13.4 Å². The van der Waals surface area contributed by atoms with Crippen molar-refractivity contribution in [1.29, 1.82) is 0 Å². The summed E-state index contributed by atoms with van der Waals surface area (Å²) in [6.07, 6.45) is 3.94. The van der Waals surface area contributed by atoms with E-state index in [9.17, 15) is 4.79 Å². The van der Waals surface area contributed by atoms with Gasteiger partial charge in [0.2, 0.25) is 0 Å². The van der Waals surface area contributed by atoms with Crippen LogP contribution in [-0.4, -0.2) is 31.1 Å². The van der Waals surface area contributed by atoms with Gasteiger partial charge in [0.1, 0.15) is 11.6 Å². The molecule has 2 aromatic rings. The minimum atomic E-state index is -0.351. The summed E-state index contributed by atoms with van der Waals surface area (Å²) >= 11 is 0. The Hall–Kier alpha value is -1.81. The second kappa shape index (κ2) is 5.05. The van der Waals surface area contributed by atoms with Gasteiger partial charge in [-0.2, -0.15) is 0 Å². The van der Waals surface area contributed by atoms with E-state index in [0.717, 1.165) is 42.5 Å². The molecular formula is C15H17NO3. The van der Waals surface area contributed by atoms with Gasteiger partial charge < -0.3 is 9.15 Å². The molecule has 1 aliphatic rings. The smallest absolute Gasteiger partial charge is 0.327 e. The monoisotopic (exact) mass is 259 g/mol. The fourth-order valence-corrected chi connectivity index (χ4v) is 2.79. The first-order chi connectivity index (χ1) is 9.31. The number of para-hydroxylation sites is 1. The van der Waals surface area contributed by atoms with Gasteiger partial charge >= 0.3 is 5.97 Å². The maximum absolute atomic E-state index is 12.1. The molecule has 0 amide bonds. The maximum Gasteiger partial charge on any atom is 0.327 e. The van der Waals surface area contributed by atoms with Gasteiger partial charge in [-0.1, -0.05) is 18.2 Å². The predicted molar refractivity (Wildman–Crippen MR) is 71.8 cm³/mol. The lowest BCUT2D eigenvalue weighted by Crippen LogP contribution is -2.32. The highest BCUT2D eigenvalue weighted by Crippen LogP contribution is 2.32. The zero-order chi connectivity index (χ0) is 13.2. The summed E-state index contributed by atoms with van der Waals surface area (Å²) in [4.78, 5) is 14.3. The van der Waals surface area contributed by atoms with Crippen molar-refractivity contribution in [2.45, 2.75) is 18.9 Å². The highest BCUT2D eigenvalue weighted by molar-refractivity contribution is 5.88. The molecule has 0 N–H and O–H groups in total. The van der Waals surface area contributed by atoms with Crippen molar-refractivity contribution in [2.24, 2.45) is 0 Å². The SMILES string of the molecule is COC(=O)C(c1coc2ccccc12)N1CCCC1. The molecule has 1 unspecified atom stereocenters. The van der Waals surface area contributed by atoms with Crippen LogP contribution in [0.2, 0.25) is 0 Å². The normalized spacial score (nSPS) is 17.7. The van der Waals surface area contributed by atoms with E-state index >= 15 is 0 Å². The summed E-state index contributed by atoms with van der Waals surface area (Å²) in [5.41, 5.74) is 1.72. The standard InChI is InChI=1S/C15H17NO3/c1-18-15(17)14(16-8-4-5-9-16)12-10-19-13-7-3-2-6-11(12)13/h2-3,6-7,10,14H,4-5,8-9H2,1H3. The van der Waals surface area contributed by atoms with Gasteiger partial charge in [0, 0.05) is 10.9 Å². The second-order valence-corrected chi connectivity index (χ2v) is 4.86. The highest BCUT2D eigenvalue weighted by Gasteiger charge is 2.32. The van der Waals surface area contributed by atoms with Gasteiger partial charge in [0.25, 0.3) is 0 Å². The Morgan fingerprint density at radius 3 is 2.79 bits per heavy atom. The quantitative estimate of drug-likeness (QED) is 0.795. The fraction of sp³-hybridized carbons (Fsp3) is 0.400. The molecule has 1 aliphatic heterocycles. The number of rotatable bonds is 3. The first-order valence-electron chi connectivity index (χ1n) is 6.59. The molecule has 100 valence electrons. The van der Waals surface area contributed by atoms with Crippen LogP contribution < -0.4 is 0 Å². The number of ether oxygens (including phenoxy) is 1. The second-order valence-electron chi connectivity index (χ2n) is 4.86. The van der Waals surface area contributed by atoms with Crippen molar-refractivity contribution in [3.8, 4) is 0 Å². The van der Waals surface area contributed by atoms with E-state index in [4.69, 9.17) is 9.15 Å². The van der Waals surface area contributed by atoms with Gasteiger partial charge in [-0.25, -0.2) is 4.79 Å². The lowest BCUT2D eigenvalue weighted by molar-refractivity contribution is -0.146. The third kappa shape index (κ3) is 2.12. The average Bonchev–Trinajstić information content (AvgIpc) is 3.09. The van der Waals surface area contributed by atoms with Crippen molar-refractivity contribution in [3.63, 3.8) is 0 Å². The predicted octanol–water partition coefficient (Wildman–Crippen LogP) is 2.74. The number of benzene rings is 1. The van der Waals surface area contributed by atoms with Crippen LogP contribution in [-0.2, 0) is 9.53 Å². The van der Waals surface area contributed by atoms with Crippen molar-refractivity contribution in [2.75, 3.05) is 20.2 Å². The molecule has 4 nitrogen and oxygen atoms in total. The third-order valence-electron chi connectivity index (χ3n) is 3.74. The summed E-state index contributed by atoms with van der Waals surface area (Å²) in [5, 5.41) is 0.991. The Kier molecular flexibility index (Phi) is 3.25. The van der Waals surface area contributed by atoms with E-state index in [2.05, 4.69) is 4.90 Å². The van der Waals surface area contributed by atoms with Crippen molar-refractivity contribution < 1.29 is 13.9 Å². The van der Waals surface area contributed by atoms with Crippen LogP contribution in [0.5, 0.6) is 0 Å². The van der Waals surface area contributed by atoms with Crippen molar-refractivity contribution in [1.82, 2.24) is 4.90 Å². The first kappa shape index (κ1) is 12.2. The molecule has 1 fully saturated rings. The lowest BCUT2D eigenvalue weighted by Gasteiger charge is -2.24. The van der Waals surface area contributed by atoms with Gasteiger partial charge in [-0.3, -0.25) is 4.90 Å². The fourth-order valence-electron chi connectivity index (χ4n) is 2.79. The number of methoxy groups -OCH3 is 1. The Labute approximate surface area is 111 Å². The molecule has 0 bridgehead atoms. The zero-order valence-corrected chi connectivity index (χ0v) is 11.0. The van der Waals surface area contributed by atoms with E-state index in [0.29, 0.717) is 0 Å². The zero-order valence-electron chi connectivity index (χ0n) is 11.0. The molecule has 1 saturated heterocycles. The van der Waals surface area contributed by atoms with Gasteiger partial charge in [0.15, 0.2) is 0 Å². The number of fused-ring (bicyclic) bond motifs is 1. The first-order valence-corrected chi connectivity index (χ1v) is 6.59. The molecular weight excluding hydrogens is 242 g/mol. The van der Waals surface area contributed by atoms with Crippen LogP contribution in [0.3, 0.4) is 0 Å². The molecule has 0 spiro atoms. The molecule has 2 heterocycles. The molecule has 1 aromatic heterocycles.